The summed E-state index contributed by atoms with van der Waals surface area (Å²) in [5.41, 5.74) is -4.02. The highest BCUT2D eigenvalue weighted by atomic mass is 32.2. The summed E-state index contributed by atoms with van der Waals surface area (Å²) in [7, 11) is -5.84. The second-order valence-corrected chi connectivity index (χ2v) is 8.17. The maximum atomic E-state index is 10.7. The summed E-state index contributed by atoms with van der Waals surface area (Å²) in [6, 6.07) is 2.29. The lowest BCUT2D eigenvalue weighted by Gasteiger charge is -2.03. The van der Waals surface area contributed by atoms with Crippen LogP contribution in [0.3, 0.4) is 0 Å². The molecule has 0 atom stereocenters. The van der Waals surface area contributed by atoms with Crippen LogP contribution in [-0.2, 0) is 23.1 Å². The van der Waals surface area contributed by atoms with Crippen molar-refractivity contribution in [2.45, 2.75) is 96.5 Å². The molecule has 0 aromatic carbocycles. The molecule has 0 spiro atoms. The number of nitrogens with zero attached hydrogens (tertiary/aromatic N) is 1. The van der Waals surface area contributed by atoms with Crippen LogP contribution in [0, 0.1) is 0 Å². The number of hydrogen-bond acceptors (Lipinski definition) is 2. The van der Waals surface area contributed by atoms with Crippen LogP contribution in [0.15, 0.2) is 18.5 Å². The maximum absolute atomic E-state index is 10.7. The van der Waals surface area contributed by atoms with E-state index in [4.69, 9.17) is 13.0 Å². The van der Waals surface area contributed by atoms with E-state index in [0.29, 0.717) is 0 Å². The predicted molar refractivity (Wildman–Crippen MR) is 103 cm³/mol. The van der Waals surface area contributed by atoms with Gasteiger partial charge in [-0.1, -0.05) is 65.2 Å². The molecule has 1 heterocycles. The minimum Gasteiger partial charge on any atom is -0.354 e. The largest absolute Gasteiger partial charge is 0.522 e. The Morgan fingerprint density at radius 3 is 1.89 bits per heavy atom. The van der Waals surface area contributed by atoms with Gasteiger partial charge in [-0.25, -0.2) is 0 Å². The highest BCUT2D eigenvalue weighted by Crippen LogP contribution is 2.20. The van der Waals surface area contributed by atoms with Crippen LogP contribution in [-0.4, -0.2) is 23.0 Å². The first-order valence-corrected chi connectivity index (χ1v) is 11.2. The lowest BCUT2D eigenvalue weighted by molar-refractivity contribution is -0.0510. The van der Waals surface area contributed by atoms with Gasteiger partial charge in [0.2, 0.25) is 0 Å². The van der Waals surface area contributed by atoms with Crippen LogP contribution in [0.1, 0.15) is 83.6 Å². The standard InChI is InChI=1S/C18H33N.CHF3O3S/c1-3-5-7-8-9-10-11-12-15-19-16-14-18(17-19)13-6-4-2;2-1(3,4)8(5,6)7/h14,16-17H,3-13,15H2,1-2H3;(H,5,6,7). The third-order valence-electron chi connectivity index (χ3n) is 4.19. The third kappa shape index (κ3) is 13.7. The minimum atomic E-state index is -5.84. The van der Waals surface area contributed by atoms with Gasteiger partial charge in [-0.05, 0) is 30.9 Å². The monoisotopic (exact) mass is 413 g/mol. The van der Waals surface area contributed by atoms with Crippen molar-refractivity contribution in [1.82, 2.24) is 4.57 Å². The summed E-state index contributed by atoms with van der Waals surface area (Å²) in [4.78, 5) is 0. The number of hydrogen-bond donors (Lipinski definition) is 1. The molecule has 1 aromatic heterocycles. The second-order valence-electron chi connectivity index (χ2n) is 6.76. The molecule has 0 fully saturated rings. The lowest BCUT2D eigenvalue weighted by atomic mass is 10.1. The molecule has 0 amide bonds. The molecule has 0 aliphatic rings. The maximum Gasteiger partial charge on any atom is 0.522 e. The van der Waals surface area contributed by atoms with E-state index in [0.717, 1.165) is 0 Å². The van der Waals surface area contributed by atoms with E-state index in [1.165, 1.54) is 82.7 Å². The van der Waals surface area contributed by atoms with Gasteiger partial charge < -0.3 is 4.57 Å². The molecule has 1 rings (SSSR count). The number of alkyl halides is 3. The molecular formula is C19H34F3NO3S. The smallest absolute Gasteiger partial charge is 0.354 e. The Labute approximate surface area is 161 Å². The van der Waals surface area contributed by atoms with Gasteiger partial charge in [-0.2, -0.15) is 21.6 Å². The Hall–Kier alpha value is -1.02. The van der Waals surface area contributed by atoms with Crippen molar-refractivity contribution in [2.75, 3.05) is 0 Å². The molecule has 0 bridgehead atoms. The van der Waals surface area contributed by atoms with E-state index in [2.05, 4.69) is 36.9 Å². The number of aryl methyl sites for hydroxylation is 2. The van der Waals surface area contributed by atoms with Gasteiger partial charge in [-0.15, -0.1) is 0 Å². The second kappa shape index (κ2) is 14.0. The van der Waals surface area contributed by atoms with E-state index in [1.807, 2.05) is 0 Å². The van der Waals surface area contributed by atoms with Gasteiger partial charge in [0, 0.05) is 18.9 Å². The average Bonchev–Trinajstić information content (AvgIpc) is 3.02. The number of aromatic nitrogens is 1. The first-order valence-electron chi connectivity index (χ1n) is 9.80. The molecular weight excluding hydrogens is 379 g/mol. The molecule has 160 valence electrons. The fourth-order valence-electron chi connectivity index (χ4n) is 2.59. The minimum absolute atomic E-state index is 1.21. The first kappa shape index (κ1) is 26.0. The fraction of sp³-hybridized carbons (Fsp3) is 0.789. The van der Waals surface area contributed by atoms with Crippen LogP contribution >= 0.6 is 0 Å². The summed E-state index contributed by atoms with van der Waals surface area (Å²) in [6.07, 6.45) is 19.7. The van der Waals surface area contributed by atoms with Crippen LogP contribution in [0.2, 0.25) is 0 Å². The average molecular weight is 414 g/mol. The van der Waals surface area contributed by atoms with Gasteiger partial charge in [0.15, 0.2) is 0 Å². The Morgan fingerprint density at radius 1 is 0.926 bits per heavy atom. The van der Waals surface area contributed by atoms with Gasteiger partial charge in [-0.3, -0.25) is 4.55 Å². The van der Waals surface area contributed by atoms with Gasteiger partial charge in [0.1, 0.15) is 0 Å². The Bertz CT molecular complexity index is 583. The molecule has 8 heteroatoms. The molecule has 0 aliphatic heterocycles. The van der Waals surface area contributed by atoms with Crippen molar-refractivity contribution in [2.24, 2.45) is 0 Å². The Kier molecular flexibility index (Phi) is 13.5. The summed E-state index contributed by atoms with van der Waals surface area (Å²) in [6.45, 7) is 5.75. The summed E-state index contributed by atoms with van der Waals surface area (Å²) in [5, 5.41) is 0. The van der Waals surface area contributed by atoms with Gasteiger partial charge in [0.25, 0.3) is 0 Å². The van der Waals surface area contributed by atoms with Crippen molar-refractivity contribution in [1.29, 1.82) is 0 Å². The molecule has 1 N–H and O–H groups in total. The van der Waals surface area contributed by atoms with Crippen LogP contribution in [0.5, 0.6) is 0 Å². The topological polar surface area (TPSA) is 59.3 Å². The predicted octanol–water partition coefficient (Wildman–Crippen LogP) is 6.37. The molecule has 4 nitrogen and oxygen atoms in total. The Morgan fingerprint density at radius 2 is 1.41 bits per heavy atom. The Balaban J connectivity index is 0.000000713. The lowest BCUT2D eigenvalue weighted by Crippen LogP contribution is -2.21. The van der Waals surface area contributed by atoms with E-state index in [1.54, 1.807) is 0 Å². The van der Waals surface area contributed by atoms with Crippen LogP contribution < -0.4 is 0 Å². The van der Waals surface area contributed by atoms with E-state index < -0.39 is 15.6 Å². The van der Waals surface area contributed by atoms with Crippen molar-refractivity contribution in [3.05, 3.63) is 24.0 Å². The molecule has 0 unspecified atom stereocenters. The van der Waals surface area contributed by atoms with Crippen molar-refractivity contribution in [3.63, 3.8) is 0 Å². The highest BCUT2D eigenvalue weighted by molar-refractivity contribution is 7.86. The van der Waals surface area contributed by atoms with Crippen LogP contribution in [0.4, 0.5) is 13.2 Å². The summed E-state index contributed by atoms with van der Waals surface area (Å²) in [5.74, 6) is 0. The van der Waals surface area contributed by atoms with Crippen molar-refractivity contribution >= 4 is 10.1 Å². The first-order chi connectivity index (χ1) is 12.6. The molecule has 1 aromatic rings. The molecule has 0 aliphatic carbocycles. The quantitative estimate of drug-likeness (QED) is 0.246. The van der Waals surface area contributed by atoms with E-state index in [-0.39, 0.29) is 0 Å². The van der Waals surface area contributed by atoms with E-state index in [9.17, 15) is 13.2 Å². The fourth-order valence-corrected chi connectivity index (χ4v) is 2.59. The summed E-state index contributed by atoms with van der Waals surface area (Å²) >= 11 is 0. The highest BCUT2D eigenvalue weighted by Gasteiger charge is 2.44. The van der Waals surface area contributed by atoms with E-state index >= 15 is 0 Å². The SMILES string of the molecule is CCCCCCCCCCn1ccc(CCCC)c1.O=S(=O)(O)C(F)(F)F. The van der Waals surface area contributed by atoms with Crippen LogP contribution in [0.25, 0.3) is 0 Å². The van der Waals surface area contributed by atoms with Gasteiger partial charge in [0.05, 0.1) is 0 Å². The molecule has 0 saturated carbocycles. The number of rotatable bonds is 12. The third-order valence-corrected chi connectivity index (χ3v) is 4.78. The summed E-state index contributed by atoms with van der Waals surface area (Å²) < 4.78 is 59.9. The zero-order chi connectivity index (χ0) is 20.8. The molecule has 0 radical (unpaired) electrons. The van der Waals surface area contributed by atoms with Crippen molar-refractivity contribution in [3.8, 4) is 0 Å². The normalized spacial score (nSPS) is 11.9. The molecule has 27 heavy (non-hydrogen) atoms. The number of halogens is 3. The zero-order valence-electron chi connectivity index (χ0n) is 16.5. The van der Waals surface area contributed by atoms with Gasteiger partial charge >= 0.3 is 15.6 Å². The van der Waals surface area contributed by atoms with Crippen molar-refractivity contribution < 1.29 is 26.1 Å². The number of unbranched alkanes of at least 4 members (excludes halogenated alkanes) is 8. The zero-order valence-corrected chi connectivity index (χ0v) is 17.3. The molecule has 0 saturated heterocycles.